The summed E-state index contributed by atoms with van der Waals surface area (Å²) in [6.45, 7) is 0. The number of hydrogen-bond donors (Lipinski definition) is 2. The number of rotatable bonds is 2. The Balaban J connectivity index is 2.19. The van der Waals surface area contributed by atoms with E-state index in [2.05, 4.69) is 4.98 Å². The van der Waals surface area contributed by atoms with Crippen LogP contribution in [0.2, 0.25) is 0 Å². The number of phenols is 1. The summed E-state index contributed by atoms with van der Waals surface area (Å²) in [6.07, 6.45) is 1.78. The first kappa shape index (κ1) is 7.73. The molecule has 2 rings (SSSR count). The number of aromatic hydroxyl groups is 1. The van der Waals surface area contributed by atoms with Crippen molar-refractivity contribution in [3.8, 4) is 17.4 Å². The zero-order chi connectivity index (χ0) is 9.10. The maximum Gasteiger partial charge on any atom is 0.197 e. The number of ether oxygens (including phenoxy) is 1. The van der Waals surface area contributed by atoms with Gasteiger partial charge in [-0.2, -0.15) is 0 Å². The van der Waals surface area contributed by atoms with Gasteiger partial charge in [-0.05, 0) is 18.2 Å². The van der Waals surface area contributed by atoms with Crippen molar-refractivity contribution in [2.45, 2.75) is 0 Å². The first-order chi connectivity index (χ1) is 6.34. The molecule has 3 nitrogen and oxygen atoms in total. The quantitative estimate of drug-likeness (QED) is 0.736. The largest absolute Gasteiger partial charge is 0.508 e. The van der Waals surface area contributed by atoms with Crippen LogP contribution in [0.25, 0.3) is 0 Å². The Morgan fingerprint density at radius 1 is 1.15 bits per heavy atom. The van der Waals surface area contributed by atoms with Gasteiger partial charge in [-0.1, -0.05) is 6.07 Å². The predicted octanol–water partition coefficient (Wildman–Crippen LogP) is 2.51. The molecule has 0 spiro atoms. The van der Waals surface area contributed by atoms with Crippen LogP contribution in [0.15, 0.2) is 42.6 Å². The molecule has 1 aromatic heterocycles. The molecule has 0 saturated carbocycles. The molecule has 0 aliphatic rings. The van der Waals surface area contributed by atoms with Crippen molar-refractivity contribution in [3.63, 3.8) is 0 Å². The van der Waals surface area contributed by atoms with E-state index in [0.29, 0.717) is 11.6 Å². The van der Waals surface area contributed by atoms with E-state index in [0.717, 1.165) is 0 Å². The van der Waals surface area contributed by atoms with Crippen LogP contribution < -0.4 is 4.74 Å². The molecule has 0 atom stereocenters. The zero-order valence-corrected chi connectivity index (χ0v) is 6.90. The van der Waals surface area contributed by atoms with Crippen LogP contribution in [0, 0.1) is 0 Å². The number of aromatic nitrogens is 1. The minimum absolute atomic E-state index is 0.198. The van der Waals surface area contributed by atoms with Crippen LogP contribution in [0.3, 0.4) is 0 Å². The van der Waals surface area contributed by atoms with Crippen molar-refractivity contribution in [1.82, 2.24) is 4.98 Å². The fraction of sp³-hybridized carbons (Fsp3) is 0. The highest BCUT2D eigenvalue weighted by atomic mass is 16.5. The lowest BCUT2D eigenvalue weighted by Gasteiger charge is -2.02. The van der Waals surface area contributed by atoms with Gasteiger partial charge in [-0.3, -0.25) is 0 Å². The summed E-state index contributed by atoms with van der Waals surface area (Å²) in [5, 5.41) is 9.15. The van der Waals surface area contributed by atoms with E-state index in [9.17, 15) is 0 Å². The summed E-state index contributed by atoms with van der Waals surface area (Å²) in [4.78, 5) is 2.90. The predicted molar refractivity (Wildman–Crippen MR) is 49.0 cm³/mol. The second-order valence-electron chi connectivity index (χ2n) is 2.63. The van der Waals surface area contributed by atoms with Crippen LogP contribution in [0.5, 0.6) is 17.4 Å². The second-order valence-corrected chi connectivity index (χ2v) is 2.63. The number of phenolic OH excluding ortho intramolecular Hbond substituents is 1. The molecule has 2 N–H and O–H groups in total. The molecule has 0 aliphatic carbocycles. The smallest absolute Gasteiger partial charge is 0.197 e. The van der Waals surface area contributed by atoms with Gasteiger partial charge in [0.05, 0.1) is 0 Å². The molecule has 13 heavy (non-hydrogen) atoms. The van der Waals surface area contributed by atoms with Crippen molar-refractivity contribution >= 4 is 0 Å². The Bertz CT molecular complexity index is 382. The van der Waals surface area contributed by atoms with Crippen LogP contribution in [-0.4, -0.2) is 10.1 Å². The molecular formula is C10H9NO2. The second kappa shape index (κ2) is 3.23. The molecule has 1 aromatic carbocycles. The average molecular weight is 175 g/mol. The summed E-state index contributed by atoms with van der Waals surface area (Å²) >= 11 is 0. The van der Waals surface area contributed by atoms with E-state index in [4.69, 9.17) is 9.84 Å². The lowest BCUT2D eigenvalue weighted by molar-refractivity contribution is 0.447. The van der Waals surface area contributed by atoms with Gasteiger partial charge < -0.3 is 14.8 Å². The number of nitrogens with one attached hydrogen (secondary N) is 1. The number of aromatic amines is 1. The normalized spacial score (nSPS) is 9.85. The first-order valence-corrected chi connectivity index (χ1v) is 3.95. The highest BCUT2D eigenvalue weighted by Gasteiger charge is 1.97. The van der Waals surface area contributed by atoms with Gasteiger partial charge in [0.2, 0.25) is 0 Å². The Hall–Kier alpha value is -1.90. The minimum atomic E-state index is 0.198. The standard InChI is InChI=1S/C10H9NO2/c12-8-3-1-4-9(7-8)13-10-5-2-6-11-10/h1-7,11-12H. The zero-order valence-electron chi connectivity index (χ0n) is 6.90. The molecule has 0 aliphatic heterocycles. The average Bonchev–Trinajstić information content (AvgIpc) is 2.57. The molecule has 0 unspecified atom stereocenters. The molecular weight excluding hydrogens is 166 g/mol. The SMILES string of the molecule is Oc1cccc(Oc2ccc[nH]2)c1. The van der Waals surface area contributed by atoms with E-state index >= 15 is 0 Å². The van der Waals surface area contributed by atoms with Gasteiger partial charge in [-0.25, -0.2) is 0 Å². The maximum absolute atomic E-state index is 9.15. The van der Waals surface area contributed by atoms with Gasteiger partial charge >= 0.3 is 0 Å². The summed E-state index contributed by atoms with van der Waals surface area (Å²) in [6, 6.07) is 10.3. The van der Waals surface area contributed by atoms with Gasteiger partial charge in [0.1, 0.15) is 11.5 Å². The lowest BCUT2D eigenvalue weighted by atomic mass is 10.3. The summed E-state index contributed by atoms with van der Waals surface area (Å²) in [5.41, 5.74) is 0. The molecule has 0 saturated heterocycles. The van der Waals surface area contributed by atoms with Crippen LogP contribution >= 0.6 is 0 Å². The van der Waals surface area contributed by atoms with E-state index in [1.807, 2.05) is 12.1 Å². The third-order valence-electron chi connectivity index (χ3n) is 1.61. The topological polar surface area (TPSA) is 45.2 Å². The maximum atomic E-state index is 9.15. The Morgan fingerprint density at radius 3 is 2.77 bits per heavy atom. The summed E-state index contributed by atoms with van der Waals surface area (Å²) in [5.74, 6) is 1.47. The Morgan fingerprint density at radius 2 is 2.08 bits per heavy atom. The van der Waals surface area contributed by atoms with Crippen molar-refractivity contribution in [2.75, 3.05) is 0 Å². The van der Waals surface area contributed by atoms with Crippen LogP contribution in [-0.2, 0) is 0 Å². The van der Waals surface area contributed by atoms with Crippen molar-refractivity contribution < 1.29 is 9.84 Å². The van der Waals surface area contributed by atoms with Gasteiger partial charge in [-0.15, -0.1) is 0 Å². The summed E-state index contributed by atoms with van der Waals surface area (Å²) < 4.78 is 5.38. The van der Waals surface area contributed by atoms with Gasteiger partial charge in [0.15, 0.2) is 5.88 Å². The van der Waals surface area contributed by atoms with Crippen molar-refractivity contribution in [3.05, 3.63) is 42.6 Å². The minimum Gasteiger partial charge on any atom is -0.508 e. The van der Waals surface area contributed by atoms with Gasteiger partial charge in [0.25, 0.3) is 0 Å². The molecule has 0 fully saturated rings. The van der Waals surface area contributed by atoms with Gasteiger partial charge in [0, 0.05) is 18.3 Å². The first-order valence-electron chi connectivity index (χ1n) is 3.95. The Kier molecular flexibility index (Phi) is 1.92. The van der Waals surface area contributed by atoms with Crippen LogP contribution in [0.4, 0.5) is 0 Å². The number of H-pyrrole nitrogens is 1. The Labute approximate surface area is 75.6 Å². The molecule has 0 radical (unpaired) electrons. The highest BCUT2D eigenvalue weighted by molar-refractivity contribution is 5.34. The van der Waals surface area contributed by atoms with Crippen molar-refractivity contribution in [2.24, 2.45) is 0 Å². The van der Waals surface area contributed by atoms with E-state index in [1.54, 1.807) is 30.5 Å². The molecule has 3 heteroatoms. The lowest BCUT2D eigenvalue weighted by Crippen LogP contribution is -1.82. The summed E-state index contributed by atoms with van der Waals surface area (Å²) in [7, 11) is 0. The fourth-order valence-electron chi connectivity index (χ4n) is 1.05. The fourth-order valence-corrected chi connectivity index (χ4v) is 1.05. The molecule has 66 valence electrons. The molecule has 1 heterocycles. The highest BCUT2D eigenvalue weighted by Crippen LogP contribution is 2.22. The van der Waals surface area contributed by atoms with E-state index in [-0.39, 0.29) is 5.75 Å². The van der Waals surface area contributed by atoms with E-state index in [1.165, 1.54) is 0 Å². The molecule has 2 aromatic rings. The van der Waals surface area contributed by atoms with E-state index < -0.39 is 0 Å². The third kappa shape index (κ3) is 1.82. The van der Waals surface area contributed by atoms with Crippen molar-refractivity contribution in [1.29, 1.82) is 0 Å². The number of benzene rings is 1. The van der Waals surface area contributed by atoms with Crippen LogP contribution in [0.1, 0.15) is 0 Å². The third-order valence-corrected chi connectivity index (χ3v) is 1.61. The number of hydrogen-bond acceptors (Lipinski definition) is 2. The monoisotopic (exact) mass is 175 g/mol. The molecule has 0 bridgehead atoms. The molecule has 0 amide bonds.